The molecule has 2 aromatic carbocycles. The van der Waals surface area contributed by atoms with E-state index in [4.69, 9.17) is 5.73 Å². The predicted octanol–water partition coefficient (Wildman–Crippen LogP) is 11.5. The number of nitrogens with zero attached hydrogens (tertiary/aromatic N) is 2. The fourth-order valence-electron chi connectivity index (χ4n) is 5.65. The van der Waals surface area contributed by atoms with Gasteiger partial charge in [-0.3, -0.25) is 9.59 Å². The molecule has 2 N–H and O–H groups in total. The van der Waals surface area contributed by atoms with Crippen LogP contribution in [0.15, 0.2) is 119 Å². The molecule has 0 fully saturated rings. The summed E-state index contributed by atoms with van der Waals surface area (Å²) in [5.74, 6) is -0.211. The zero-order chi connectivity index (χ0) is 39.3. The lowest BCUT2D eigenvalue weighted by Crippen LogP contribution is -2.37. The highest BCUT2D eigenvalue weighted by molar-refractivity contribution is 7.22. The number of allylic oxidation sites excluding steroid dienone is 7. The van der Waals surface area contributed by atoms with E-state index in [1.165, 1.54) is 11.6 Å². The maximum absolute atomic E-state index is 14.1. The molecule has 0 aliphatic rings. The molecule has 5 nitrogen and oxygen atoms in total. The van der Waals surface area contributed by atoms with Gasteiger partial charge in [0.15, 0.2) is 0 Å². The largest absolute Gasteiger partial charge is 0.342 e. The minimum absolute atomic E-state index is 0.0265. The zero-order valence-electron chi connectivity index (χ0n) is 33.6. The van der Waals surface area contributed by atoms with Crippen LogP contribution in [0.4, 0.5) is 4.39 Å². The van der Waals surface area contributed by atoms with Crippen LogP contribution in [0.5, 0.6) is 0 Å². The molecule has 0 aromatic heterocycles. The number of nitrogens with two attached hydrogens (primary N) is 1. The lowest BCUT2D eigenvalue weighted by Gasteiger charge is -2.33. The number of carbonyl (C=O) groups excluding carboxylic acids is 2. The minimum Gasteiger partial charge on any atom is -0.342 e. The van der Waals surface area contributed by atoms with Crippen LogP contribution in [-0.4, -0.2) is 47.8 Å². The van der Waals surface area contributed by atoms with Gasteiger partial charge in [0, 0.05) is 31.6 Å². The van der Waals surface area contributed by atoms with Gasteiger partial charge in [-0.15, -0.1) is 9.24 Å². The molecular formula is C45H69FN3O2P. The van der Waals surface area contributed by atoms with E-state index in [9.17, 15) is 14.0 Å². The number of hydrogen-bond acceptors (Lipinski definition) is 3. The minimum atomic E-state index is -0.414. The SMILES string of the molecule is C=C(F)/C=C(/P)C=C(C)C.CC.CCCN(CCC)C(=O)C/C=C(C)\C=C(/CC)C(=O)N(CCCN)C(CCCc1ccccc1)c1ccccc1. The smallest absolute Gasteiger partial charge is 0.250 e. The van der Waals surface area contributed by atoms with Crippen molar-refractivity contribution < 1.29 is 14.0 Å². The molecule has 52 heavy (non-hydrogen) atoms. The van der Waals surface area contributed by atoms with Gasteiger partial charge < -0.3 is 15.5 Å². The molecule has 7 heteroatoms. The molecule has 2 amide bonds. The Balaban J connectivity index is 0.00000186. The summed E-state index contributed by atoms with van der Waals surface area (Å²) in [6.07, 6.45) is 13.6. The number of benzene rings is 2. The summed E-state index contributed by atoms with van der Waals surface area (Å²) >= 11 is 0. The summed E-state index contributed by atoms with van der Waals surface area (Å²) in [6, 6.07) is 20.9. The van der Waals surface area contributed by atoms with E-state index >= 15 is 0 Å². The second kappa shape index (κ2) is 29.9. The molecule has 0 saturated heterocycles. The van der Waals surface area contributed by atoms with Crippen molar-refractivity contribution in [3.05, 3.63) is 131 Å². The fraction of sp³-hybridized carbons (Fsp3) is 0.467. The highest BCUT2D eigenvalue weighted by atomic mass is 31.0. The Morgan fingerprint density at radius 1 is 0.865 bits per heavy atom. The highest BCUT2D eigenvalue weighted by Gasteiger charge is 2.26. The quantitative estimate of drug-likeness (QED) is 0.0837. The molecule has 2 unspecified atom stereocenters. The Labute approximate surface area is 319 Å². The van der Waals surface area contributed by atoms with Crippen LogP contribution in [0, 0.1) is 0 Å². The van der Waals surface area contributed by atoms with E-state index in [0.29, 0.717) is 25.9 Å². The van der Waals surface area contributed by atoms with Crippen LogP contribution in [0.1, 0.15) is 118 Å². The van der Waals surface area contributed by atoms with Gasteiger partial charge in [-0.25, -0.2) is 4.39 Å². The van der Waals surface area contributed by atoms with Gasteiger partial charge in [-0.05, 0) is 94.8 Å². The summed E-state index contributed by atoms with van der Waals surface area (Å²) in [4.78, 5) is 30.8. The molecule has 0 spiro atoms. The Kier molecular flexibility index (Phi) is 27.9. The third kappa shape index (κ3) is 21.1. The van der Waals surface area contributed by atoms with E-state index in [1.54, 1.807) is 0 Å². The Bertz CT molecular complexity index is 1410. The van der Waals surface area contributed by atoms with E-state index in [0.717, 1.165) is 79.2 Å². The normalized spacial score (nSPS) is 12.0. The first-order valence-corrected chi connectivity index (χ1v) is 19.8. The van der Waals surface area contributed by atoms with Gasteiger partial charge in [-0.1, -0.05) is 131 Å². The molecule has 2 rings (SSSR count). The van der Waals surface area contributed by atoms with Gasteiger partial charge in [0.1, 0.15) is 5.83 Å². The van der Waals surface area contributed by atoms with Crippen molar-refractivity contribution in [1.29, 1.82) is 0 Å². The first-order valence-electron chi connectivity index (χ1n) is 19.2. The number of amides is 2. The average Bonchev–Trinajstić information content (AvgIpc) is 3.13. The molecule has 0 heterocycles. The molecule has 0 saturated carbocycles. The number of carbonyl (C=O) groups is 2. The van der Waals surface area contributed by atoms with Gasteiger partial charge in [0.25, 0.3) is 0 Å². The summed E-state index contributed by atoms with van der Waals surface area (Å²) in [5.41, 5.74) is 11.2. The lowest BCUT2D eigenvalue weighted by atomic mass is 9.96. The third-order valence-corrected chi connectivity index (χ3v) is 8.32. The maximum atomic E-state index is 14.1. The standard InChI is InChI=1S/C35H51N3O2.C8H12FP.C2H6/c1-5-25-37(26-6-2)34(39)23-22-29(4)28-31(7-3)35(40)38(27-15-24-36)33(32-19-12-9-13-20-32)21-14-18-30-16-10-8-11-17-30;1-6(2)4-8(10)5-7(3)9;1-2/h8-13,16-17,19-20,22,28,33H,5-7,14-15,18,21,23-27,36H2,1-4H3;4-5H,3,10H2,1-2H3;1-2H3/b29-22-,31-28+;8-5+;. The van der Waals surface area contributed by atoms with Crippen LogP contribution < -0.4 is 5.73 Å². The topological polar surface area (TPSA) is 66.6 Å². The van der Waals surface area contributed by atoms with Gasteiger partial charge in [0.2, 0.25) is 11.8 Å². The number of rotatable bonds is 20. The molecule has 0 aliphatic heterocycles. The van der Waals surface area contributed by atoms with Crippen molar-refractivity contribution in [2.75, 3.05) is 26.2 Å². The van der Waals surface area contributed by atoms with Crippen LogP contribution in [-0.2, 0) is 16.0 Å². The molecule has 0 bridgehead atoms. The second-order valence-corrected chi connectivity index (χ2v) is 13.5. The fourth-order valence-corrected chi connectivity index (χ4v) is 6.16. The summed E-state index contributed by atoms with van der Waals surface area (Å²) in [7, 11) is 2.43. The van der Waals surface area contributed by atoms with Crippen LogP contribution >= 0.6 is 9.24 Å². The van der Waals surface area contributed by atoms with E-state index in [2.05, 4.69) is 66.1 Å². The van der Waals surface area contributed by atoms with Crippen molar-refractivity contribution in [3.8, 4) is 0 Å². The second-order valence-electron chi connectivity index (χ2n) is 12.8. The van der Waals surface area contributed by atoms with Crippen molar-refractivity contribution in [2.45, 2.75) is 113 Å². The Hall–Kier alpha value is -3.60. The molecular weight excluding hydrogens is 664 g/mol. The van der Waals surface area contributed by atoms with E-state index < -0.39 is 5.83 Å². The summed E-state index contributed by atoms with van der Waals surface area (Å²) < 4.78 is 12.1. The van der Waals surface area contributed by atoms with Gasteiger partial charge >= 0.3 is 0 Å². The van der Waals surface area contributed by atoms with Gasteiger partial charge in [-0.2, -0.15) is 0 Å². The molecule has 2 aromatic rings. The number of hydrogen-bond donors (Lipinski definition) is 1. The monoisotopic (exact) mass is 734 g/mol. The van der Waals surface area contributed by atoms with Gasteiger partial charge in [0.05, 0.1) is 6.04 Å². The molecule has 2 atom stereocenters. The Morgan fingerprint density at radius 3 is 1.94 bits per heavy atom. The van der Waals surface area contributed by atoms with Crippen molar-refractivity contribution in [2.24, 2.45) is 5.73 Å². The average molecular weight is 734 g/mol. The maximum Gasteiger partial charge on any atom is 0.250 e. The van der Waals surface area contributed by atoms with Crippen molar-refractivity contribution in [1.82, 2.24) is 9.80 Å². The first kappa shape index (κ1) is 48.4. The van der Waals surface area contributed by atoms with E-state index in [-0.39, 0.29) is 17.9 Å². The van der Waals surface area contributed by atoms with Crippen LogP contribution in [0.2, 0.25) is 0 Å². The molecule has 0 aliphatic carbocycles. The predicted molar refractivity (Wildman–Crippen MR) is 227 cm³/mol. The highest BCUT2D eigenvalue weighted by Crippen LogP contribution is 2.29. The third-order valence-electron chi connectivity index (χ3n) is 7.98. The molecule has 0 radical (unpaired) electrons. The zero-order valence-corrected chi connectivity index (χ0v) is 34.8. The summed E-state index contributed by atoms with van der Waals surface area (Å²) in [6.45, 7) is 22.0. The lowest BCUT2D eigenvalue weighted by molar-refractivity contribution is -0.130. The number of aryl methyl sites for hydroxylation is 1. The Morgan fingerprint density at radius 2 is 1.44 bits per heavy atom. The van der Waals surface area contributed by atoms with Crippen LogP contribution in [0.25, 0.3) is 0 Å². The number of halogens is 1. The van der Waals surface area contributed by atoms with Crippen molar-refractivity contribution in [3.63, 3.8) is 0 Å². The van der Waals surface area contributed by atoms with E-state index in [1.807, 2.05) is 93.8 Å². The summed E-state index contributed by atoms with van der Waals surface area (Å²) in [5, 5.41) is 0.813. The first-order chi connectivity index (χ1) is 25.0. The molecule has 288 valence electrons. The van der Waals surface area contributed by atoms with Crippen LogP contribution in [0.3, 0.4) is 0 Å². The van der Waals surface area contributed by atoms with Crippen molar-refractivity contribution >= 4 is 21.1 Å².